The average Bonchev–Trinajstić information content (AvgIpc) is 3.11. The number of aryl methyl sites for hydroxylation is 1. The number of nitrogens with zero attached hydrogens (tertiary/aromatic N) is 2. The maximum atomic E-state index is 13.2. The fourth-order valence-corrected chi connectivity index (χ4v) is 3.62. The van der Waals surface area contributed by atoms with E-state index in [9.17, 15) is 14.4 Å². The fraction of sp³-hybridized carbons (Fsp3) is 0.261. The van der Waals surface area contributed by atoms with Gasteiger partial charge in [0.25, 0.3) is 5.56 Å². The van der Waals surface area contributed by atoms with E-state index in [1.165, 1.54) is 4.57 Å². The lowest BCUT2D eigenvalue weighted by molar-refractivity contribution is -0.116. The summed E-state index contributed by atoms with van der Waals surface area (Å²) < 4.78 is 8.29. The second kappa shape index (κ2) is 8.02. The van der Waals surface area contributed by atoms with Crippen LogP contribution in [0.3, 0.4) is 0 Å². The molecule has 7 nitrogen and oxygen atoms in total. The zero-order valence-electron chi connectivity index (χ0n) is 17.0. The molecule has 1 amide bonds. The molecule has 0 unspecified atom stereocenters. The first-order valence-electron chi connectivity index (χ1n) is 10.0. The molecule has 0 radical (unpaired) electrons. The Labute approximate surface area is 172 Å². The van der Waals surface area contributed by atoms with E-state index < -0.39 is 11.2 Å². The molecule has 0 aliphatic heterocycles. The van der Waals surface area contributed by atoms with E-state index in [-0.39, 0.29) is 24.6 Å². The van der Waals surface area contributed by atoms with Crippen molar-refractivity contribution in [3.8, 4) is 0 Å². The third-order valence-corrected chi connectivity index (χ3v) is 5.08. The average molecular weight is 405 g/mol. The standard InChI is InChI=1S/C23H23N3O4/c1-3-4-12-25-22(28)21-20(17-10-5-6-11-18(17)30-21)26(23(25)29)14-19(27)24-16-9-7-8-15(2)13-16/h5-11,13H,3-4,12,14H2,1-2H3,(H,24,27). The number of hydrogen-bond acceptors (Lipinski definition) is 4. The Kier molecular flexibility index (Phi) is 5.27. The Morgan fingerprint density at radius 3 is 2.63 bits per heavy atom. The number of para-hydroxylation sites is 1. The zero-order chi connectivity index (χ0) is 21.3. The fourth-order valence-electron chi connectivity index (χ4n) is 3.62. The number of anilines is 1. The van der Waals surface area contributed by atoms with Gasteiger partial charge in [-0.25, -0.2) is 4.79 Å². The molecule has 0 fully saturated rings. The van der Waals surface area contributed by atoms with E-state index in [0.29, 0.717) is 28.6 Å². The third-order valence-electron chi connectivity index (χ3n) is 5.08. The smallest absolute Gasteiger partial charge is 0.332 e. The monoisotopic (exact) mass is 405 g/mol. The summed E-state index contributed by atoms with van der Waals surface area (Å²) in [5.74, 6) is -0.352. The molecular formula is C23H23N3O4. The van der Waals surface area contributed by atoms with Gasteiger partial charge in [0.05, 0.1) is 0 Å². The summed E-state index contributed by atoms with van der Waals surface area (Å²) in [4.78, 5) is 38.9. The molecule has 7 heteroatoms. The molecule has 2 aromatic carbocycles. The first kappa shape index (κ1) is 19.7. The van der Waals surface area contributed by atoms with Gasteiger partial charge in [0.15, 0.2) is 0 Å². The normalized spacial score (nSPS) is 11.3. The number of hydrogen-bond donors (Lipinski definition) is 1. The second-order valence-corrected chi connectivity index (χ2v) is 7.37. The Balaban J connectivity index is 1.85. The molecule has 0 saturated heterocycles. The first-order chi connectivity index (χ1) is 14.5. The van der Waals surface area contributed by atoms with Crippen LogP contribution in [-0.2, 0) is 17.9 Å². The van der Waals surface area contributed by atoms with Crippen molar-refractivity contribution in [2.75, 3.05) is 5.32 Å². The van der Waals surface area contributed by atoms with Crippen LogP contribution in [0.5, 0.6) is 0 Å². The number of carbonyl (C=O) groups excluding carboxylic acids is 1. The number of fused-ring (bicyclic) bond motifs is 3. The first-order valence-corrected chi connectivity index (χ1v) is 10.0. The lowest BCUT2D eigenvalue weighted by Crippen LogP contribution is -2.41. The molecular weight excluding hydrogens is 382 g/mol. The Morgan fingerprint density at radius 1 is 1.07 bits per heavy atom. The SMILES string of the molecule is CCCCn1c(=O)c2oc3ccccc3c2n(CC(=O)Nc2cccc(C)c2)c1=O. The molecule has 0 aliphatic rings. The molecule has 2 aromatic heterocycles. The summed E-state index contributed by atoms with van der Waals surface area (Å²) in [5, 5.41) is 3.46. The highest BCUT2D eigenvalue weighted by atomic mass is 16.3. The van der Waals surface area contributed by atoms with Crippen LogP contribution in [0.1, 0.15) is 25.3 Å². The van der Waals surface area contributed by atoms with Gasteiger partial charge in [-0.2, -0.15) is 0 Å². The van der Waals surface area contributed by atoms with Crippen molar-refractivity contribution in [3.63, 3.8) is 0 Å². The minimum absolute atomic E-state index is 0.0928. The number of furan rings is 1. The molecule has 4 aromatic rings. The number of aromatic nitrogens is 2. The van der Waals surface area contributed by atoms with Gasteiger partial charge >= 0.3 is 5.69 Å². The molecule has 4 rings (SSSR count). The van der Waals surface area contributed by atoms with Crippen LogP contribution in [0.25, 0.3) is 22.1 Å². The number of rotatable bonds is 6. The van der Waals surface area contributed by atoms with Crippen LogP contribution < -0.4 is 16.6 Å². The van der Waals surface area contributed by atoms with Crippen molar-refractivity contribution in [1.82, 2.24) is 9.13 Å². The van der Waals surface area contributed by atoms with Crippen molar-refractivity contribution >= 4 is 33.7 Å². The van der Waals surface area contributed by atoms with Crippen LogP contribution in [0.4, 0.5) is 5.69 Å². The number of amides is 1. The Hall–Kier alpha value is -3.61. The van der Waals surface area contributed by atoms with Gasteiger partial charge in [0.1, 0.15) is 17.6 Å². The van der Waals surface area contributed by atoms with Gasteiger partial charge in [-0.15, -0.1) is 0 Å². The zero-order valence-corrected chi connectivity index (χ0v) is 17.0. The number of unbranched alkanes of at least 4 members (excludes halogenated alkanes) is 1. The maximum Gasteiger partial charge on any atom is 0.332 e. The predicted octanol–water partition coefficient (Wildman–Crippen LogP) is 3.66. The van der Waals surface area contributed by atoms with Crippen LogP contribution in [-0.4, -0.2) is 15.0 Å². The van der Waals surface area contributed by atoms with Crippen molar-refractivity contribution < 1.29 is 9.21 Å². The summed E-state index contributed by atoms with van der Waals surface area (Å²) in [7, 11) is 0. The molecule has 1 N–H and O–H groups in total. The van der Waals surface area contributed by atoms with E-state index in [1.54, 1.807) is 24.3 Å². The van der Waals surface area contributed by atoms with E-state index in [1.807, 2.05) is 38.1 Å². The van der Waals surface area contributed by atoms with Gasteiger partial charge in [-0.1, -0.05) is 37.6 Å². The molecule has 2 heterocycles. The topological polar surface area (TPSA) is 86.2 Å². The quantitative estimate of drug-likeness (QED) is 0.530. The van der Waals surface area contributed by atoms with Gasteiger partial charge in [0, 0.05) is 17.6 Å². The molecule has 0 saturated carbocycles. The largest absolute Gasteiger partial charge is 0.449 e. The van der Waals surface area contributed by atoms with Gasteiger partial charge in [-0.3, -0.25) is 18.7 Å². The lowest BCUT2D eigenvalue weighted by atomic mass is 10.2. The molecule has 0 spiro atoms. The predicted molar refractivity (Wildman–Crippen MR) is 117 cm³/mol. The summed E-state index contributed by atoms with van der Waals surface area (Å²) in [6.45, 7) is 3.98. The summed E-state index contributed by atoms with van der Waals surface area (Å²) in [6, 6.07) is 14.6. The second-order valence-electron chi connectivity index (χ2n) is 7.37. The van der Waals surface area contributed by atoms with Crippen LogP contribution >= 0.6 is 0 Å². The summed E-state index contributed by atoms with van der Waals surface area (Å²) >= 11 is 0. The van der Waals surface area contributed by atoms with E-state index >= 15 is 0 Å². The van der Waals surface area contributed by atoms with Crippen molar-refractivity contribution in [1.29, 1.82) is 0 Å². The number of nitrogens with one attached hydrogen (secondary N) is 1. The number of benzene rings is 2. The van der Waals surface area contributed by atoms with Crippen molar-refractivity contribution in [2.45, 2.75) is 39.8 Å². The highest BCUT2D eigenvalue weighted by Crippen LogP contribution is 2.25. The minimum Gasteiger partial charge on any atom is -0.449 e. The van der Waals surface area contributed by atoms with Crippen LogP contribution in [0.2, 0.25) is 0 Å². The molecule has 0 bridgehead atoms. The number of carbonyl (C=O) groups is 1. The highest BCUT2D eigenvalue weighted by Gasteiger charge is 2.21. The molecule has 154 valence electrons. The van der Waals surface area contributed by atoms with E-state index in [4.69, 9.17) is 4.42 Å². The third kappa shape index (κ3) is 3.54. The Bertz CT molecular complexity index is 1360. The van der Waals surface area contributed by atoms with Gasteiger partial charge in [-0.05, 0) is 43.2 Å². The molecule has 0 atom stereocenters. The van der Waals surface area contributed by atoms with Crippen LogP contribution in [0, 0.1) is 6.92 Å². The van der Waals surface area contributed by atoms with Gasteiger partial charge in [0.2, 0.25) is 11.5 Å². The Morgan fingerprint density at radius 2 is 1.87 bits per heavy atom. The summed E-state index contributed by atoms with van der Waals surface area (Å²) in [6.07, 6.45) is 1.51. The van der Waals surface area contributed by atoms with Crippen molar-refractivity contribution in [3.05, 3.63) is 74.9 Å². The molecule has 0 aliphatic carbocycles. The van der Waals surface area contributed by atoms with Crippen molar-refractivity contribution in [2.24, 2.45) is 0 Å². The highest BCUT2D eigenvalue weighted by molar-refractivity contribution is 6.03. The maximum absolute atomic E-state index is 13.2. The minimum atomic E-state index is -0.508. The van der Waals surface area contributed by atoms with Gasteiger partial charge < -0.3 is 9.73 Å². The summed E-state index contributed by atoms with van der Waals surface area (Å²) in [5.41, 5.74) is 1.65. The van der Waals surface area contributed by atoms with E-state index in [0.717, 1.165) is 16.6 Å². The molecule has 30 heavy (non-hydrogen) atoms. The lowest BCUT2D eigenvalue weighted by Gasteiger charge is -2.12. The van der Waals surface area contributed by atoms with E-state index in [2.05, 4.69) is 5.32 Å². The van der Waals surface area contributed by atoms with Crippen LogP contribution in [0.15, 0.2) is 62.5 Å².